The largest absolute Gasteiger partial charge is 0.379 e. The number of hydrogen-bond donors (Lipinski definition) is 2. The van der Waals surface area contributed by atoms with Crippen LogP contribution in [0.3, 0.4) is 0 Å². The molecule has 5 nitrogen and oxygen atoms in total. The van der Waals surface area contributed by atoms with Gasteiger partial charge < -0.3 is 15.0 Å². The first-order valence-electron chi connectivity index (χ1n) is 8.04. The molecule has 1 fully saturated rings. The highest BCUT2D eigenvalue weighted by molar-refractivity contribution is 5.34. The lowest BCUT2D eigenvalue weighted by Gasteiger charge is -2.27. The highest BCUT2D eigenvalue weighted by atomic mass is 16.5. The second kappa shape index (κ2) is 6.20. The fourth-order valence-corrected chi connectivity index (χ4v) is 3.38. The first-order chi connectivity index (χ1) is 10.9. The molecule has 2 aliphatic heterocycles. The zero-order valence-corrected chi connectivity index (χ0v) is 12.7. The highest BCUT2D eigenvalue weighted by Crippen LogP contribution is 2.27. The van der Waals surface area contributed by atoms with E-state index in [-0.39, 0.29) is 6.04 Å². The van der Waals surface area contributed by atoms with E-state index in [1.165, 1.54) is 16.8 Å². The van der Waals surface area contributed by atoms with Crippen molar-refractivity contribution in [1.29, 1.82) is 0 Å². The number of fused-ring (bicyclic) bond motifs is 1. The lowest BCUT2D eigenvalue weighted by atomic mass is 9.96. The maximum Gasteiger partial charge on any atom is 0.0926 e. The third-order valence-corrected chi connectivity index (χ3v) is 4.54. The molecule has 2 N–H and O–H groups in total. The van der Waals surface area contributed by atoms with Gasteiger partial charge in [0, 0.05) is 38.3 Å². The minimum atomic E-state index is 0.208. The Bertz CT molecular complexity index is 633. The molecule has 0 spiro atoms. The van der Waals surface area contributed by atoms with Crippen molar-refractivity contribution < 1.29 is 4.74 Å². The van der Waals surface area contributed by atoms with Gasteiger partial charge in [-0.3, -0.25) is 4.90 Å². The zero-order chi connectivity index (χ0) is 14.8. The molecule has 0 saturated carbocycles. The summed E-state index contributed by atoms with van der Waals surface area (Å²) >= 11 is 0. The molecular formula is C17H22N4O. The van der Waals surface area contributed by atoms with Crippen LogP contribution in [0.1, 0.15) is 28.6 Å². The van der Waals surface area contributed by atoms with Crippen LogP contribution in [0.4, 0.5) is 0 Å². The van der Waals surface area contributed by atoms with E-state index < -0.39 is 0 Å². The van der Waals surface area contributed by atoms with Gasteiger partial charge in [-0.15, -0.1) is 0 Å². The fraction of sp³-hybridized carbons (Fsp3) is 0.471. The van der Waals surface area contributed by atoms with Gasteiger partial charge in [0.25, 0.3) is 0 Å². The summed E-state index contributed by atoms with van der Waals surface area (Å²) in [6.45, 7) is 5.73. The molecule has 0 radical (unpaired) electrons. The van der Waals surface area contributed by atoms with Crippen molar-refractivity contribution >= 4 is 0 Å². The maximum atomic E-state index is 5.42. The minimum Gasteiger partial charge on any atom is -0.379 e. The Morgan fingerprint density at radius 1 is 1.27 bits per heavy atom. The van der Waals surface area contributed by atoms with Crippen molar-refractivity contribution in [2.75, 3.05) is 32.8 Å². The van der Waals surface area contributed by atoms with Gasteiger partial charge in [0.05, 0.1) is 31.3 Å². The van der Waals surface area contributed by atoms with E-state index >= 15 is 0 Å². The van der Waals surface area contributed by atoms with Crippen LogP contribution >= 0.6 is 0 Å². The summed E-state index contributed by atoms with van der Waals surface area (Å²) in [5.74, 6) is 0. The topological polar surface area (TPSA) is 53.2 Å². The SMILES string of the molecule is c1cc(CN2CCOCC2)cc([C@@H]2NCCc3[nH]cnc32)c1. The molecule has 2 aliphatic rings. The average molecular weight is 298 g/mol. The van der Waals surface area contributed by atoms with Gasteiger partial charge in [0.2, 0.25) is 0 Å². The number of morpholine rings is 1. The van der Waals surface area contributed by atoms with Gasteiger partial charge in [-0.2, -0.15) is 0 Å². The normalized spacial score (nSPS) is 22.5. The summed E-state index contributed by atoms with van der Waals surface area (Å²) in [6, 6.07) is 9.10. The Balaban J connectivity index is 1.55. The van der Waals surface area contributed by atoms with Crippen molar-refractivity contribution in [2.24, 2.45) is 0 Å². The third kappa shape index (κ3) is 2.79. The molecule has 22 heavy (non-hydrogen) atoms. The van der Waals surface area contributed by atoms with Crippen LogP contribution in [0.15, 0.2) is 30.6 Å². The van der Waals surface area contributed by atoms with E-state index in [9.17, 15) is 0 Å². The third-order valence-electron chi connectivity index (χ3n) is 4.54. The number of nitrogens with zero attached hydrogens (tertiary/aromatic N) is 2. The number of aromatic nitrogens is 2. The lowest BCUT2D eigenvalue weighted by Crippen LogP contribution is -2.35. The number of rotatable bonds is 3. The molecular weight excluding hydrogens is 276 g/mol. The van der Waals surface area contributed by atoms with Crippen LogP contribution in [0.25, 0.3) is 0 Å². The van der Waals surface area contributed by atoms with Crippen LogP contribution in [0, 0.1) is 0 Å². The van der Waals surface area contributed by atoms with Gasteiger partial charge >= 0.3 is 0 Å². The first kappa shape index (κ1) is 13.9. The molecule has 1 aromatic heterocycles. The molecule has 1 atom stereocenters. The first-order valence-corrected chi connectivity index (χ1v) is 8.04. The van der Waals surface area contributed by atoms with Crippen LogP contribution in [0.2, 0.25) is 0 Å². The van der Waals surface area contributed by atoms with Crippen molar-refractivity contribution in [3.63, 3.8) is 0 Å². The fourth-order valence-electron chi connectivity index (χ4n) is 3.38. The highest BCUT2D eigenvalue weighted by Gasteiger charge is 2.23. The van der Waals surface area contributed by atoms with Gasteiger partial charge in [0.15, 0.2) is 0 Å². The van der Waals surface area contributed by atoms with Crippen molar-refractivity contribution in [1.82, 2.24) is 20.2 Å². The summed E-state index contributed by atoms with van der Waals surface area (Å²) in [5.41, 5.74) is 5.08. The van der Waals surface area contributed by atoms with Gasteiger partial charge in [-0.25, -0.2) is 4.98 Å². The van der Waals surface area contributed by atoms with E-state index in [0.717, 1.165) is 51.5 Å². The van der Waals surface area contributed by atoms with Crippen LogP contribution in [-0.2, 0) is 17.7 Å². The van der Waals surface area contributed by atoms with E-state index in [1.807, 2.05) is 6.33 Å². The van der Waals surface area contributed by atoms with E-state index in [1.54, 1.807) is 0 Å². The second-order valence-electron chi connectivity index (χ2n) is 6.04. The standard InChI is InChI=1S/C17H22N4O/c1-2-13(11-21-6-8-22-9-7-21)10-14(3-1)16-17-15(4-5-18-16)19-12-20-17/h1-3,10,12,16,18H,4-9,11H2,(H,19,20)/t16-/m0/s1. The maximum absolute atomic E-state index is 5.42. The molecule has 1 aromatic carbocycles. The molecule has 5 heteroatoms. The Kier molecular flexibility index (Phi) is 3.93. The van der Waals surface area contributed by atoms with Crippen LogP contribution < -0.4 is 5.32 Å². The minimum absolute atomic E-state index is 0.208. The number of H-pyrrole nitrogens is 1. The monoisotopic (exact) mass is 298 g/mol. The molecule has 4 rings (SSSR count). The second-order valence-corrected chi connectivity index (χ2v) is 6.04. The number of hydrogen-bond acceptors (Lipinski definition) is 4. The van der Waals surface area contributed by atoms with E-state index in [0.29, 0.717) is 0 Å². The molecule has 0 amide bonds. The van der Waals surface area contributed by atoms with Crippen molar-refractivity contribution in [2.45, 2.75) is 19.0 Å². The number of nitrogens with one attached hydrogen (secondary N) is 2. The van der Waals surface area contributed by atoms with Crippen LogP contribution in [0.5, 0.6) is 0 Å². The average Bonchev–Trinajstić information content (AvgIpc) is 3.04. The smallest absolute Gasteiger partial charge is 0.0926 e. The molecule has 0 aliphatic carbocycles. The molecule has 0 bridgehead atoms. The van der Waals surface area contributed by atoms with Crippen molar-refractivity contribution in [3.8, 4) is 0 Å². The molecule has 2 aromatic rings. The quantitative estimate of drug-likeness (QED) is 0.901. The zero-order valence-electron chi connectivity index (χ0n) is 12.7. The number of ether oxygens (including phenoxy) is 1. The predicted molar refractivity (Wildman–Crippen MR) is 84.7 cm³/mol. The van der Waals surface area contributed by atoms with Gasteiger partial charge in [-0.05, 0) is 11.1 Å². The number of benzene rings is 1. The Morgan fingerprint density at radius 3 is 3.09 bits per heavy atom. The molecule has 1 saturated heterocycles. The Labute approximate surface area is 130 Å². The Hall–Kier alpha value is -1.69. The summed E-state index contributed by atoms with van der Waals surface area (Å²) in [5, 5.41) is 3.59. The Morgan fingerprint density at radius 2 is 2.18 bits per heavy atom. The molecule has 0 unspecified atom stereocenters. The number of aromatic amines is 1. The number of imidazole rings is 1. The summed E-state index contributed by atoms with van der Waals surface area (Å²) in [6.07, 6.45) is 2.83. The molecule has 116 valence electrons. The van der Waals surface area contributed by atoms with E-state index in [4.69, 9.17) is 4.74 Å². The lowest BCUT2D eigenvalue weighted by molar-refractivity contribution is 0.0342. The summed E-state index contributed by atoms with van der Waals surface area (Å²) < 4.78 is 5.42. The van der Waals surface area contributed by atoms with Crippen LogP contribution in [-0.4, -0.2) is 47.7 Å². The van der Waals surface area contributed by atoms with Crippen molar-refractivity contribution in [3.05, 3.63) is 53.1 Å². The van der Waals surface area contributed by atoms with E-state index in [2.05, 4.69) is 44.5 Å². The van der Waals surface area contributed by atoms with Gasteiger partial charge in [-0.1, -0.05) is 24.3 Å². The summed E-state index contributed by atoms with van der Waals surface area (Å²) in [7, 11) is 0. The predicted octanol–water partition coefficient (Wildman–Crippen LogP) is 1.48. The summed E-state index contributed by atoms with van der Waals surface area (Å²) in [4.78, 5) is 10.2. The van der Waals surface area contributed by atoms with Gasteiger partial charge in [0.1, 0.15) is 0 Å². The molecule has 3 heterocycles.